The van der Waals surface area contributed by atoms with Crippen molar-refractivity contribution in [2.45, 2.75) is 13.5 Å². The largest absolute Gasteiger partial charge is 0.366 e. The number of aryl methyl sites for hydroxylation is 1. The molecule has 1 aromatic carbocycles. The topological polar surface area (TPSA) is 44.3 Å². The molecule has 0 unspecified atom stereocenters. The number of nitrogens with one attached hydrogen (secondary N) is 1. The van der Waals surface area contributed by atoms with Crippen molar-refractivity contribution in [1.82, 2.24) is 14.9 Å². The predicted molar refractivity (Wildman–Crippen MR) is 90.2 cm³/mol. The Labute approximate surface area is 132 Å². The molecule has 0 spiro atoms. The maximum atomic E-state index is 4.64. The van der Waals surface area contributed by atoms with Crippen LogP contribution in [0.1, 0.15) is 11.1 Å². The number of hydrogen-bond donors (Lipinski definition) is 1. The summed E-state index contributed by atoms with van der Waals surface area (Å²) in [6.45, 7) is 6.97. The monoisotopic (exact) mass is 297 g/mol. The summed E-state index contributed by atoms with van der Waals surface area (Å²) in [5.74, 6) is 1.70. The first-order valence-electron chi connectivity index (χ1n) is 7.77. The summed E-state index contributed by atoms with van der Waals surface area (Å²) in [6.07, 6.45) is 1.83. The van der Waals surface area contributed by atoms with Crippen molar-refractivity contribution >= 4 is 11.8 Å². The highest BCUT2D eigenvalue weighted by atomic mass is 15.3. The molecule has 1 saturated heterocycles. The average molecular weight is 297 g/mol. The number of piperazine rings is 1. The molecule has 1 fully saturated rings. The highest BCUT2D eigenvalue weighted by Crippen LogP contribution is 2.14. The minimum atomic E-state index is 0.777. The number of nitrogens with zero attached hydrogens (tertiary/aromatic N) is 4. The molecule has 0 saturated carbocycles. The van der Waals surface area contributed by atoms with Crippen molar-refractivity contribution in [2.24, 2.45) is 0 Å². The average Bonchev–Trinajstić information content (AvgIpc) is 2.55. The fourth-order valence-corrected chi connectivity index (χ4v) is 2.50. The van der Waals surface area contributed by atoms with Gasteiger partial charge in [-0.15, -0.1) is 0 Å². The molecule has 1 aliphatic heterocycles. The van der Waals surface area contributed by atoms with Crippen LogP contribution in [0.5, 0.6) is 0 Å². The van der Waals surface area contributed by atoms with Gasteiger partial charge in [0.2, 0.25) is 5.95 Å². The normalized spacial score (nSPS) is 15.8. The van der Waals surface area contributed by atoms with E-state index in [1.807, 2.05) is 12.3 Å². The maximum Gasteiger partial charge on any atom is 0.227 e. The van der Waals surface area contributed by atoms with E-state index in [2.05, 4.69) is 63.3 Å². The van der Waals surface area contributed by atoms with Crippen LogP contribution in [0.15, 0.2) is 36.5 Å². The number of rotatable bonds is 4. The molecule has 3 rings (SSSR count). The van der Waals surface area contributed by atoms with Gasteiger partial charge in [-0.1, -0.05) is 29.8 Å². The molecule has 0 atom stereocenters. The summed E-state index contributed by atoms with van der Waals surface area (Å²) < 4.78 is 0. The fourth-order valence-electron chi connectivity index (χ4n) is 2.50. The van der Waals surface area contributed by atoms with E-state index in [1.165, 1.54) is 11.1 Å². The third-order valence-corrected chi connectivity index (χ3v) is 4.02. The Balaban J connectivity index is 1.62. The lowest BCUT2D eigenvalue weighted by Gasteiger charge is -2.32. The van der Waals surface area contributed by atoms with Crippen molar-refractivity contribution in [3.63, 3.8) is 0 Å². The molecule has 5 nitrogen and oxygen atoms in total. The SMILES string of the molecule is Cc1ccc(CNc2ccnc(N3CCN(C)CC3)n2)cc1. The Morgan fingerprint density at radius 2 is 1.77 bits per heavy atom. The lowest BCUT2D eigenvalue weighted by molar-refractivity contribution is 0.311. The van der Waals surface area contributed by atoms with Gasteiger partial charge in [-0.05, 0) is 25.6 Å². The van der Waals surface area contributed by atoms with Gasteiger partial charge in [-0.3, -0.25) is 0 Å². The Morgan fingerprint density at radius 3 is 2.50 bits per heavy atom. The van der Waals surface area contributed by atoms with Gasteiger partial charge < -0.3 is 15.1 Å². The van der Waals surface area contributed by atoms with E-state index in [0.29, 0.717) is 0 Å². The smallest absolute Gasteiger partial charge is 0.227 e. The molecule has 0 aliphatic carbocycles. The summed E-state index contributed by atoms with van der Waals surface area (Å²) in [4.78, 5) is 13.6. The fraction of sp³-hybridized carbons (Fsp3) is 0.412. The van der Waals surface area contributed by atoms with Gasteiger partial charge in [-0.25, -0.2) is 4.98 Å². The van der Waals surface area contributed by atoms with Gasteiger partial charge in [0.1, 0.15) is 5.82 Å². The van der Waals surface area contributed by atoms with Crippen LogP contribution in [0.25, 0.3) is 0 Å². The minimum absolute atomic E-state index is 0.777. The molecule has 1 N–H and O–H groups in total. The molecular weight excluding hydrogens is 274 g/mol. The molecule has 116 valence electrons. The third-order valence-electron chi connectivity index (χ3n) is 4.02. The summed E-state index contributed by atoms with van der Waals surface area (Å²) in [5.41, 5.74) is 2.54. The Morgan fingerprint density at radius 1 is 1.05 bits per heavy atom. The van der Waals surface area contributed by atoms with Crippen molar-refractivity contribution < 1.29 is 0 Å². The van der Waals surface area contributed by atoms with Gasteiger partial charge in [0, 0.05) is 38.9 Å². The van der Waals surface area contributed by atoms with Gasteiger partial charge in [0.05, 0.1) is 0 Å². The first-order chi connectivity index (χ1) is 10.7. The van der Waals surface area contributed by atoms with Crippen LogP contribution in [0, 0.1) is 6.92 Å². The van der Waals surface area contributed by atoms with Gasteiger partial charge in [0.15, 0.2) is 0 Å². The summed E-state index contributed by atoms with van der Waals surface area (Å²) in [7, 11) is 2.15. The van der Waals surface area contributed by atoms with Crippen molar-refractivity contribution in [3.05, 3.63) is 47.7 Å². The van der Waals surface area contributed by atoms with Crippen LogP contribution < -0.4 is 10.2 Å². The third kappa shape index (κ3) is 3.74. The lowest BCUT2D eigenvalue weighted by Crippen LogP contribution is -2.45. The van der Waals surface area contributed by atoms with Crippen LogP contribution >= 0.6 is 0 Å². The molecular formula is C17H23N5. The van der Waals surface area contributed by atoms with Crippen molar-refractivity contribution in [1.29, 1.82) is 0 Å². The van der Waals surface area contributed by atoms with E-state index in [4.69, 9.17) is 0 Å². The van der Waals surface area contributed by atoms with Crippen LogP contribution in [0.4, 0.5) is 11.8 Å². The molecule has 2 aromatic rings. The molecule has 0 amide bonds. The highest BCUT2D eigenvalue weighted by Gasteiger charge is 2.16. The number of hydrogen-bond acceptors (Lipinski definition) is 5. The maximum absolute atomic E-state index is 4.64. The zero-order valence-corrected chi connectivity index (χ0v) is 13.3. The Kier molecular flexibility index (Phi) is 4.53. The quantitative estimate of drug-likeness (QED) is 0.937. The molecule has 1 aliphatic rings. The van der Waals surface area contributed by atoms with E-state index >= 15 is 0 Å². The molecule has 0 radical (unpaired) electrons. The second-order valence-electron chi connectivity index (χ2n) is 5.87. The predicted octanol–water partition coefficient (Wildman–Crippen LogP) is 2.15. The molecule has 1 aromatic heterocycles. The first-order valence-corrected chi connectivity index (χ1v) is 7.77. The first kappa shape index (κ1) is 14.8. The van der Waals surface area contributed by atoms with Crippen LogP contribution in [-0.4, -0.2) is 48.1 Å². The summed E-state index contributed by atoms with van der Waals surface area (Å²) in [5, 5.41) is 3.38. The second kappa shape index (κ2) is 6.75. The van der Waals surface area contributed by atoms with Crippen LogP contribution in [0.3, 0.4) is 0 Å². The van der Waals surface area contributed by atoms with Gasteiger partial charge in [-0.2, -0.15) is 4.98 Å². The van der Waals surface area contributed by atoms with Crippen molar-refractivity contribution in [3.8, 4) is 0 Å². The van der Waals surface area contributed by atoms with Crippen LogP contribution in [-0.2, 0) is 6.54 Å². The number of aromatic nitrogens is 2. The standard InChI is InChI=1S/C17H23N5/c1-14-3-5-15(6-4-14)13-19-16-7-8-18-17(20-16)22-11-9-21(2)10-12-22/h3-8H,9-13H2,1-2H3,(H,18,19,20). The number of anilines is 2. The number of benzene rings is 1. The van der Waals surface area contributed by atoms with E-state index in [1.54, 1.807) is 0 Å². The molecule has 2 heterocycles. The molecule has 0 bridgehead atoms. The van der Waals surface area contributed by atoms with E-state index < -0.39 is 0 Å². The second-order valence-corrected chi connectivity index (χ2v) is 5.87. The van der Waals surface area contributed by atoms with E-state index in [-0.39, 0.29) is 0 Å². The lowest BCUT2D eigenvalue weighted by atomic mass is 10.1. The van der Waals surface area contributed by atoms with Gasteiger partial charge in [0.25, 0.3) is 0 Å². The summed E-state index contributed by atoms with van der Waals surface area (Å²) >= 11 is 0. The molecule has 22 heavy (non-hydrogen) atoms. The Bertz CT molecular complexity index is 603. The molecule has 5 heteroatoms. The van der Waals surface area contributed by atoms with Crippen LogP contribution in [0.2, 0.25) is 0 Å². The van der Waals surface area contributed by atoms with Gasteiger partial charge >= 0.3 is 0 Å². The van der Waals surface area contributed by atoms with E-state index in [0.717, 1.165) is 44.5 Å². The Hall–Kier alpha value is -2.14. The minimum Gasteiger partial charge on any atom is -0.366 e. The van der Waals surface area contributed by atoms with E-state index in [9.17, 15) is 0 Å². The summed E-state index contributed by atoms with van der Waals surface area (Å²) in [6, 6.07) is 10.5. The van der Waals surface area contributed by atoms with Crippen molar-refractivity contribution in [2.75, 3.05) is 43.4 Å². The zero-order valence-electron chi connectivity index (χ0n) is 13.3. The number of likely N-dealkylation sites (N-methyl/N-ethyl adjacent to an activating group) is 1. The highest BCUT2D eigenvalue weighted by molar-refractivity contribution is 5.42. The zero-order chi connectivity index (χ0) is 15.4.